The summed E-state index contributed by atoms with van der Waals surface area (Å²) >= 11 is 3.26. The smallest absolute Gasteiger partial charge is 0.273 e. The Morgan fingerprint density at radius 2 is 2.05 bits per heavy atom. The van der Waals surface area contributed by atoms with E-state index in [9.17, 15) is 20.0 Å². The second-order valence-corrected chi connectivity index (χ2v) is 5.17. The number of hydrogen-bond donors (Lipinski definition) is 2. The van der Waals surface area contributed by atoms with E-state index >= 15 is 0 Å². The van der Waals surface area contributed by atoms with Crippen LogP contribution in [-0.4, -0.2) is 23.0 Å². The number of nitrogens with zero attached hydrogens (tertiary/aromatic N) is 1. The lowest BCUT2D eigenvalue weighted by Crippen LogP contribution is -2.13. The second-order valence-electron chi connectivity index (χ2n) is 4.26. The Morgan fingerprint density at radius 3 is 2.64 bits per heavy atom. The quantitative estimate of drug-likeness (QED) is 0.490. The van der Waals surface area contributed by atoms with Gasteiger partial charge in [-0.05, 0) is 24.3 Å². The molecule has 2 N–H and O–H groups in total. The number of non-ortho nitro benzene ring substituents is 1. The molecule has 114 valence electrons. The van der Waals surface area contributed by atoms with Crippen LogP contribution in [0.5, 0.6) is 11.5 Å². The molecule has 0 radical (unpaired) electrons. The lowest BCUT2D eigenvalue weighted by Gasteiger charge is -2.10. The monoisotopic (exact) mass is 366 g/mol. The molecular weight excluding hydrogens is 356 g/mol. The molecule has 0 heterocycles. The van der Waals surface area contributed by atoms with Gasteiger partial charge in [0, 0.05) is 10.5 Å². The van der Waals surface area contributed by atoms with E-state index < -0.39 is 16.6 Å². The number of phenolic OH excluding ortho intramolecular Hbond substituents is 1. The van der Waals surface area contributed by atoms with Gasteiger partial charge in [-0.25, -0.2) is 0 Å². The number of carbonyl (C=O) groups excluding carboxylic acids is 1. The SMILES string of the molecule is COc1ccc(Br)cc1C(=O)Nc1ccc([N+](=O)[O-])cc1O. The molecule has 0 aliphatic rings. The molecule has 7 nitrogen and oxygen atoms in total. The van der Waals surface area contributed by atoms with Gasteiger partial charge in [0.05, 0.1) is 29.4 Å². The van der Waals surface area contributed by atoms with Gasteiger partial charge in [0.1, 0.15) is 11.5 Å². The van der Waals surface area contributed by atoms with Crippen molar-refractivity contribution in [2.75, 3.05) is 12.4 Å². The predicted octanol–water partition coefficient (Wildman–Crippen LogP) is 3.32. The Bertz CT molecular complexity index is 748. The summed E-state index contributed by atoms with van der Waals surface area (Å²) in [7, 11) is 1.43. The number of benzene rings is 2. The number of amides is 1. The first-order valence-electron chi connectivity index (χ1n) is 6.04. The molecule has 0 saturated heterocycles. The summed E-state index contributed by atoms with van der Waals surface area (Å²) in [4.78, 5) is 22.2. The molecular formula is C14H11BrN2O5. The van der Waals surface area contributed by atoms with E-state index in [2.05, 4.69) is 21.2 Å². The molecule has 0 fully saturated rings. The highest BCUT2D eigenvalue weighted by atomic mass is 79.9. The van der Waals surface area contributed by atoms with Gasteiger partial charge in [-0.1, -0.05) is 15.9 Å². The number of ether oxygens (including phenoxy) is 1. The van der Waals surface area contributed by atoms with E-state index in [4.69, 9.17) is 4.74 Å². The molecule has 2 aromatic carbocycles. The number of nitrogens with one attached hydrogen (secondary N) is 1. The fourth-order valence-corrected chi connectivity index (χ4v) is 2.15. The second kappa shape index (κ2) is 6.44. The van der Waals surface area contributed by atoms with E-state index in [1.807, 2.05) is 0 Å². The van der Waals surface area contributed by atoms with Gasteiger partial charge in [-0.2, -0.15) is 0 Å². The normalized spacial score (nSPS) is 10.1. The van der Waals surface area contributed by atoms with Gasteiger partial charge in [-0.15, -0.1) is 0 Å². The molecule has 0 aromatic heterocycles. The minimum absolute atomic E-state index is 0.0672. The summed E-state index contributed by atoms with van der Waals surface area (Å²) in [5, 5.41) is 22.9. The third-order valence-electron chi connectivity index (χ3n) is 2.85. The Labute approximate surface area is 133 Å². The maximum Gasteiger partial charge on any atom is 0.273 e. The molecule has 0 aliphatic carbocycles. The third kappa shape index (κ3) is 3.34. The summed E-state index contributed by atoms with van der Waals surface area (Å²) in [5.41, 5.74) is 0.0581. The molecule has 0 spiro atoms. The van der Waals surface area contributed by atoms with Crippen LogP contribution < -0.4 is 10.1 Å². The van der Waals surface area contributed by atoms with Crippen LogP contribution in [0.4, 0.5) is 11.4 Å². The number of halogens is 1. The van der Waals surface area contributed by atoms with Crippen molar-refractivity contribution in [2.24, 2.45) is 0 Å². The van der Waals surface area contributed by atoms with E-state index in [0.29, 0.717) is 10.2 Å². The summed E-state index contributed by atoms with van der Waals surface area (Å²) in [6, 6.07) is 8.32. The van der Waals surface area contributed by atoms with E-state index in [-0.39, 0.29) is 16.9 Å². The van der Waals surface area contributed by atoms with Crippen LogP contribution in [0.2, 0.25) is 0 Å². The van der Waals surface area contributed by atoms with Crippen LogP contribution in [0.15, 0.2) is 40.9 Å². The van der Waals surface area contributed by atoms with Crippen LogP contribution in [0.25, 0.3) is 0 Å². The first kappa shape index (κ1) is 15.8. The number of nitro benzene ring substituents is 1. The number of nitro groups is 1. The maximum atomic E-state index is 12.3. The highest BCUT2D eigenvalue weighted by Gasteiger charge is 2.16. The zero-order valence-electron chi connectivity index (χ0n) is 11.4. The van der Waals surface area contributed by atoms with Crippen molar-refractivity contribution in [1.29, 1.82) is 0 Å². The van der Waals surface area contributed by atoms with Crippen molar-refractivity contribution < 1.29 is 19.6 Å². The number of phenols is 1. The Morgan fingerprint density at radius 1 is 1.32 bits per heavy atom. The lowest BCUT2D eigenvalue weighted by molar-refractivity contribution is -0.384. The van der Waals surface area contributed by atoms with Crippen LogP contribution in [0.3, 0.4) is 0 Å². The molecule has 8 heteroatoms. The lowest BCUT2D eigenvalue weighted by atomic mass is 10.1. The molecule has 0 unspecified atom stereocenters. The Balaban J connectivity index is 2.29. The molecule has 1 amide bonds. The molecule has 0 saturated carbocycles. The summed E-state index contributed by atoms with van der Waals surface area (Å²) in [5.74, 6) is -0.541. The predicted molar refractivity (Wildman–Crippen MR) is 83.4 cm³/mol. The largest absolute Gasteiger partial charge is 0.506 e. The number of rotatable bonds is 4. The van der Waals surface area contributed by atoms with Gasteiger partial charge in [0.2, 0.25) is 0 Å². The highest BCUT2D eigenvalue weighted by Crippen LogP contribution is 2.30. The van der Waals surface area contributed by atoms with Crippen molar-refractivity contribution in [3.05, 3.63) is 56.5 Å². The van der Waals surface area contributed by atoms with Crippen LogP contribution in [0.1, 0.15) is 10.4 Å². The van der Waals surface area contributed by atoms with E-state index in [1.165, 1.54) is 19.2 Å². The number of hydrogen-bond acceptors (Lipinski definition) is 5. The van der Waals surface area contributed by atoms with E-state index in [1.54, 1.807) is 18.2 Å². The van der Waals surface area contributed by atoms with E-state index in [0.717, 1.165) is 6.07 Å². The van der Waals surface area contributed by atoms with Crippen molar-refractivity contribution in [3.8, 4) is 11.5 Å². The summed E-state index contributed by atoms with van der Waals surface area (Å²) < 4.78 is 5.79. The molecule has 0 bridgehead atoms. The average molecular weight is 367 g/mol. The van der Waals surface area contributed by atoms with Crippen molar-refractivity contribution in [1.82, 2.24) is 0 Å². The molecule has 2 aromatic rings. The summed E-state index contributed by atoms with van der Waals surface area (Å²) in [6.45, 7) is 0. The summed E-state index contributed by atoms with van der Waals surface area (Å²) in [6.07, 6.45) is 0. The number of carbonyl (C=O) groups is 1. The van der Waals surface area contributed by atoms with Gasteiger partial charge in [-0.3, -0.25) is 14.9 Å². The molecule has 0 aliphatic heterocycles. The topological polar surface area (TPSA) is 102 Å². The minimum Gasteiger partial charge on any atom is -0.506 e. The first-order chi connectivity index (χ1) is 10.4. The number of methoxy groups -OCH3 is 1. The van der Waals surface area contributed by atoms with Crippen molar-refractivity contribution in [2.45, 2.75) is 0 Å². The van der Waals surface area contributed by atoms with Crippen molar-refractivity contribution in [3.63, 3.8) is 0 Å². The third-order valence-corrected chi connectivity index (χ3v) is 3.34. The molecule has 2 rings (SSSR count). The van der Waals surface area contributed by atoms with Gasteiger partial charge in [0.25, 0.3) is 11.6 Å². The number of anilines is 1. The average Bonchev–Trinajstić information content (AvgIpc) is 2.48. The maximum absolute atomic E-state index is 12.3. The zero-order chi connectivity index (χ0) is 16.3. The van der Waals surface area contributed by atoms with Crippen LogP contribution in [-0.2, 0) is 0 Å². The Hall–Kier alpha value is -2.61. The van der Waals surface area contributed by atoms with Gasteiger partial charge < -0.3 is 15.2 Å². The first-order valence-corrected chi connectivity index (χ1v) is 6.84. The zero-order valence-corrected chi connectivity index (χ0v) is 13.0. The van der Waals surface area contributed by atoms with Crippen molar-refractivity contribution >= 4 is 33.2 Å². The fraction of sp³-hybridized carbons (Fsp3) is 0.0714. The minimum atomic E-state index is -0.636. The van der Waals surface area contributed by atoms with Gasteiger partial charge in [0.15, 0.2) is 0 Å². The molecule has 22 heavy (non-hydrogen) atoms. The molecule has 0 atom stereocenters. The van der Waals surface area contributed by atoms with Crippen LogP contribution >= 0.6 is 15.9 Å². The number of aromatic hydroxyl groups is 1. The fourth-order valence-electron chi connectivity index (χ4n) is 1.79. The van der Waals surface area contributed by atoms with Crippen LogP contribution in [0, 0.1) is 10.1 Å². The standard InChI is InChI=1S/C14H11BrN2O5/c1-22-13-5-2-8(15)6-10(13)14(19)16-11-4-3-9(17(20)21)7-12(11)18/h2-7,18H,1H3,(H,16,19). The highest BCUT2D eigenvalue weighted by molar-refractivity contribution is 9.10. The Kier molecular flexibility index (Phi) is 4.62. The van der Waals surface area contributed by atoms with Gasteiger partial charge >= 0.3 is 0 Å².